The third kappa shape index (κ3) is 3.13. The molecule has 112 valence electrons. The van der Waals surface area contributed by atoms with Crippen LogP contribution in [-0.4, -0.2) is 48.7 Å². The Morgan fingerprint density at radius 2 is 2.00 bits per heavy atom. The zero-order valence-corrected chi connectivity index (χ0v) is 11.4. The number of nitrogens with zero attached hydrogens (tertiary/aromatic N) is 1. The van der Waals surface area contributed by atoms with Gasteiger partial charge in [-0.25, -0.2) is 13.2 Å². The molecule has 0 aromatic heterocycles. The number of halogens is 3. The van der Waals surface area contributed by atoms with Crippen LogP contribution in [0.5, 0.6) is 0 Å². The number of piperazine rings is 1. The molecule has 1 aliphatic heterocycles. The van der Waals surface area contributed by atoms with Crippen molar-refractivity contribution in [1.82, 2.24) is 10.2 Å². The number of aryl methyl sites for hydroxylation is 1. The molecule has 0 bridgehead atoms. The lowest BCUT2D eigenvalue weighted by Gasteiger charge is -2.38. The quantitative estimate of drug-likeness (QED) is 0.885. The first-order valence-electron chi connectivity index (χ1n) is 6.65. The topological polar surface area (TPSA) is 35.5 Å². The van der Waals surface area contributed by atoms with Crippen LogP contribution in [0.2, 0.25) is 0 Å². The molecule has 0 unspecified atom stereocenters. The Hall–Kier alpha value is -1.11. The van der Waals surface area contributed by atoms with Crippen molar-refractivity contribution in [3.63, 3.8) is 0 Å². The van der Waals surface area contributed by atoms with E-state index in [2.05, 4.69) is 5.32 Å². The van der Waals surface area contributed by atoms with Gasteiger partial charge in [0.25, 0.3) is 5.92 Å². The van der Waals surface area contributed by atoms with Crippen LogP contribution < -0.4 is 5.32 Å². The minimum atomic E-state index is -3.38. The number of rotatable bonds is 4. The van der Waals surface area contributed by atoms with Gasteiger partial charge in [-0.05, 0) is 13.0 Å². The van der Waals surface area contributed by atoms with Crippen molar-refractivity contribution in [2.75, 3.05) is 32.8 Å². The average Bonchev–Trinajstić information content (AvgIpc) is 2.44. The first-order chi connectivity index (χ1) is 9.45. The van der Waals surface area contributed by atoms with Crippen molar-refractivity contribution in [2.24, 2.45) is 0 Å². The first-order valence-corrected chi connectivity index (χ1v) is 6.65. The molecule has 2 N–H and O–H groups in total. The highest BCUT2D eigenvalue weighted by molar-refractivity contribution is 5.28. The summed E-state index contributed by atoms with van der Waals surface area (Å²) in [5.41, 5.74) is 0.668. The van der Waals surface area contributed by atoms with Crippen molar-refractivity contribution >= 4 is 0 Å². The minimum absolute atomic E-state index is 0.0500. The highest BCUT2D eigenvalue weighted by atomic mass is 19.3. The van der Waals surface area contributed by atoms with Crippen LogP contribution >= 0.6 is 0 Å². The van der Waals surface area contributed by atoms with Gasteiger partial charge in [-0.3, -0.25) is 4.90 Å². The number of aliphatic hydroxyl groups excluding tert-OH is 1. The van der Waals surface area contributed by atoms with Crippen LogP contribution in [0.15, 0.2) is 18.2 Å². The summed E-state index contributed by atoms with van der Waals surface area (Å²) < 4.78 is 42.2. The third-order valence-electron chi connectivity index (χ3n) is 3.57. The van der Waals surface area contributed by atoms with E-state index in [1.54, 1.807) is 13.0 Å². The second kappa shape index (κ2) is 6.11. The Balaban J connectivity index is 2.42. The summed E-state index contributed by atoms with van der Waals surface area (Å²) in [6.07, 6.45) is 0. The highest BCUT2D eigenvalue weighted by Gasteiger charge is 2.45. The normalized spacial score (nSPS) is 19.1. The van der Waals surface area contributed by atoms with E-state index in [1.807, 2.05) is 0 Å². The zero-order valence-electron chi connectivity index (χ0n) is 11.4. The van der Waals surface area contributed by atoms with Crippen LogP contribution in [0.3, 0.4) is 0 Å². The van der Waals surface area contributed by atoms with Crippen LogP contribution in [0.1, 0.15) is 17.2 Å². The van der Waals surface area contributed by atoms with Gasteiger partial charge in [0.05, 0.1) is 0 Å². The maximum Gasteiger partial charge on any atom is 0.290 e. The third-order valence-corrected chi connectivity index (χ3v) is 3.57. The minimum Gasteiger partial charge on any atom is -0.390 e. The summed E-state index contributed by atoms with van der Waals surface area (Å²) in [4.78, 5) is 1.53. The summed E-state index contributed by atoms with van der Waals surface area (Å²) in [7, 11) is 0. The van der Waals surface area contributed by atoms with E-state index < -0.39 is 24.4 Å². The fraction of sp³-hybridized carbons (Fsp3) is 0.571. The summed E-state index contributed by atoms with van der Waals surface area (Å²) in [6.45, 7) is 2.38. The van der Waals surface area contributed by atoms with Crippen molar-refractivity contribution in [3.8, 4) is 0 Å². The lowest BCUT2D eigenvalue weighted by molar-refractivity contribution is -0.119. The molecule has 3 nitrogen and oxygen atoms in total. The van der Waals surface area contributed by atoms with E-state index >= 15 is 0 Å². The van der Waals surface area contributed by atoms with Crippen molar-refractivity contribution < 1.29 is 18.3 Å². The van der Waals surface area contributed by atoms with Crippen LogP contribution in [0.25, 0.3) is 0 Å². The standard InChI is InChI=1S/C14H19F3N2O/c1-10-2-3-12(15)11(8-10)13(14(16,17)9-20)19-6-4-18-5-7-19/h2-3,8,13,18,20H,4-7,9H2,1H3/t13-/m1/s1. The fourth-order valence-corrected chi connectivity index (χ4v) is 2.59. The summed E-state index contributed by atoms with van der Waals surface area (Å²) in [5, 5.41) is 12.1. The van der Waals surface area contributed by atoms with Gasteiger partial charge in [0, 0.05) is 31.7 Å². The van der Waals surface area contributed by atoms with Gasteiger partial charge in [0.2, 0.25) is 0 Å². The van der Waals surface area contributed by atoms with Crippen molar-refractivity contribution in [1.29, 1.82) is 0 Å². The molecule has 0 aliphatic carbocycles. The van der Waals surface area contributed by atoms with Crippen LogP contribution in [0, 0.1) is 12.7 Å². The molecule has 6 heteroatoms. The van der Waals surface area contributed by atoms with E-state index in [9.17, 15) is 13.2 Å². The fourth-order valence-electron chi connectivity index (χ4n) is 2.59. The predicted molar refractivity (Wildman–Crippen MR) is 70.4 cm³/mol. The molecule has 1 heterocycles. The van der Waals surface area contributed by atoms with Gasteiger partial charge in [-0.1, -0.05) is 17.7 Å². The zero-order chi connectivity index (χ0) is 14.8. The summed E-state index contributed by atoms with van der Waals surface area (Å²) in [5.74, 6) is -4.04. The number of hydrogen-bond acceptors (Lipinski definition) is 3. The average molecular weight is 288 g/mol. The number of hydrogen-bond donors (Lipinski definition) is 2. The summed E-state index contributed by atoms with van der Waals surface area (Å²) in [6, 6.07) is 2.75. The van der Waals surface area contributed by atoms with Gasteiger partial charge >= 0.3 is 0 Å². The first kappa shape index (κ1) is 15.3. The van der Waals surface area contributed by atoms with Gasteiger partial charge in [0.15, 0.2) is 0 Å². The van der Waals surface area contributed by atoms with E-state index in [1.165, 1.54) is 17.0 Å². The van der Waals surface area contributed by atoms with Gasteiger partial charge in [-0.2, -0.15) is 0 Å². The molecule has 1 saturated heterocycles. The molecule has 0 saturated carbocycles. The van der Waals surface area contributed by atoms with Crippen molar-refractivity contribution in [2.45, 2.75) is 18.9 Å². The number of aliphatic hydroxyl groups is 1. The molecule has 20 heavy (non-hydrogen) atoms. The molecule has 1 aromatic rings. The molecule has 1 atom stereocenters. The van der Waals surface area contributed by atoms with Gasteiger partial charge in [-0.15, -0.1) is 0 Å². The molecule has 2 rings (SSSR count). The van der Waals surface area contributed by atoms with E-state index in [0.29, 0.717) is 26.2 Å². The Morgan fingerprint density at radius 3 is 2.60 bits per heavy atom. The van der Waals surface area contributed by atoms with Gasteiger partial charge < -0.3 is 10.4 Å². The predicted octanol–water partition coefficient (Wildman–Crippen LogP) is 1.71. The summed E-state index contributed by atoms with van der Waals surface area (Å²) >= 11 is 0. The molecule has 1 fully saturated rings. The highest BCUT2D eigenvalue weighted by Crippen LogP contribution is 2.37. The molecule has 0 radical (unpaired) electrons. The Labute approximate surface area is 116 Å². The molecular formula is C14H19F3N2O. The van der Waals surface area contributed by atoms with Crippen LogP contribution in [-0.2, 0) is 0 Å². The largest absolute Gasteiger partial charge is 0.390 e. The maximum absolute atomic E-state index is 14.1. The van der Waals surface area contributed by atoms with E-state index in [-0.39, 0.29) is 5.56 Å². The number of nitrogens with one attached hydrogen (secondary N) is 1. The molecule has 1 aliphatic rings. The van der Waals surface area contributed by atoms with E-state index in [0.717, 1.165) is 5.56 Å². The molecule has 0 amide bonds. The number of benzene rings is 1. The smallest absolute Gasteiger partial charge is 0.290 e. The number of alkyl halides is 2. The second-order valence-electron chi connectivity index (χ2n) is 5.13. The second-order valence-corrected chi connectivity index (χ2v) is 5.13. The lowest BCUT2D eigenvalue weighted by Crippen LogP contribution is -2.51. The van der Waals surface area contributed by atoms with Gasteiger partial charge in [0.1, 0.15) is 18.5 Å². The Bertz CT molecular complexity index is 462. The molecule has 0 spiro atoms. The SMILES string of the molecule is Cc1ccc(F)c([C@@H](N2CCNCC2)C(F)(F)CO)c1. The van der Waals surface area contributed by atoms with Crippen molar-refractivity contribution in [3.05, 3.63) is 35.1 Å². The van der Waals surface area contributed by atoms with E-state index in [4.69, 9.17) is 5.11 Å². The molecular weight excluding hydrogens is 269 g/mol. The Morgan fingerprint density at radius 1 is 1.35 bits per heavy atom. The lowest BCUT2D eigenvalue weighted by atomic mass is 9.96. The van der Waals surface area contributed by atoms with Crippen LogP contribution in [0.4, 0.5) is 13.2 Å². The Kier molecular flexibility index (Phi) is 4.67. The molecule has 1 aromatic carbocycles. The maximum atomic E-state index is 14.1. The monoisotopic (exact) mass is 288 g/mol.